The highest BCUT2D eigenvalue weighted by molar-refractivity contribution is 9.10. The van der Waals surface area contributed by atoms with Crippen LogP contribution in [-0.2, 0) is 0 Å². The van der Waals surface area contributed by atoms with Crippen LogP contribution in [0.25, 0.3) is 16.7 Å². The Balaban J connectivity index is 1.63. The van der Waals surface area contributed by atoms with Crippen molar-refractivity contribution >= 4 is 50.2 Å². The lowest BCUT2D eigenvalue weighted by Crippen LogP contribution is -2.12. The van der Waals surface area contributed by atoms with Crippen LogP contribution >= 0.6 is 27.5 Å². The van der Waals surface area contributed by atoms with Crippen LogP contribution in [-0.4, -0.2) is 20.9 Å². The number of benzene rings is 3. The molecule has 0 aliphatic heterocycles. The average molecular weight is 456 g/mol. The van der Waals surface area contributed by atoms with E-state index in [1.807, 2.05) is 24.3 Å². The molecule has 7 heteroatoms. The van der Waals surface area contributed by atoms with Gasteiger partial charge >= 0.3 is 0 Å². The first-order valence-corrected chi connectivity index (χ1v) is 9.79. The molecule has 0 saturated heterocycles. The van der Waals surface area contributed by atoms with Gasteiger partial charge in [-0.05, 0) is 73.5 Å². The minimum absolute atomic E-state index is 0.285. The zero-order chi connectivity index (χ0) is 19.8. The third-order valence-corrected chi connectivity index (χ3v) is 5.36. The van der Waals surface area contributed by atoms with Crippen molar-refractivity contribution in [3.63, 3.8) is 0 Å². The van der Waals surface area contributed by atoms with Gasteiger partial charge in [-0.15, -0.1) is 10.2 Å². The second kappa shape index (κ2) is 7.37. The summed E-state index contributed by atoms with van der Waals surface area (Å²) in [6, 6.07) is 16.7. The van der Waals surface area contributed by atoms with Crippen LogP contribution in [0.3, 0.4) is 0 Å². The quantitative estimate of drug-likeness (QED) is 0.431. The number of nitrogens with zero attached hydrogens (tertiary/aromatic N) is 3. The second-order valence-electron chi connectivity index (χ2n) is 6.54. The molecule has 3 aromatic carbocycles. The molecule has 0 atom stereocenters. The molecule has 5 nitrogen and oxygen atoms in total. The van der Waals surface area contributed by atoms with E-state index < -0.39 is 0 Å². The molecule has 1 N–H and O–H groups in total. The molecular weight excluding hydrogens is 440 g/mol. The zero-order valence-electron chi connectivity index (χ0n) is 15.2. The van der Waals surface area contributed by atoms with Crippen molar-refractivity contribution in [2.75, 3.05) is 5.32 Å². The van der Waals surface area contributed by atoms with Gasteiger partial charge in [-0.25, -0.2) is 0 Å². The maximum absolute atomic E-state index is 12.6. The van der Waals surface area contributed by atoms with E-state index in [4.69, 9.17) is 11.6 Å². The number of halogens is 2. The molecule has 0 aliphatic carbocycles. The Hall–Kier alpha value is -2.70. The first kappa shape index (κ1) is 18.7. The number of amides is 1. The highest BCUT2D eigenvalue weighted by Crippen LogP contribution is 2.23. The summed E-state index contributed by atoms with van der Waals surface area (Å²) in [7, 11) is 0. The fourth-order valence-corrected chi connectivity index (χ4v) is 3.39. The molecular formula is C21H16BrClN4O. The number of anilines is 1. The topological polar surface area (TPSA) is 59.8 Å². The van der Waals surface area contributed by atoms with E-state index in [1.54, 1.807) is 35.1 Å². The van der Waals surface area contributed by atoms with Crippen LogP contribution in [0.15, 0.2) is 59.1 Å². The van der Waals surface area contributed by atoms with Crippen molar-refractivity contribution in [2.45, 2.75) is 13.8 Å². The van der Waals surface area contributed by atoms with Gasteiger partial charge in [0.05, 0.1) is 16.3 Å². The Morgan fingerprint density at radius 2 is 1.75 bits per heavy atom. The number of carbonyl (C=O) groups is 1. The summed E-state index contributed by atoms with van der Waals surface area (Å²) < 4.78 is 0.786. The molecule has 0 spiro atoms. The summed E-state index contributed by atoms with van der Waals surface area (Å²) in [5, 5.41) is 12.3. The SMILES string of the molecule is Cc1ccc(-n2nc3ccc(NC(=O)c4cc(Br)ccc4Cl)cc3n2)cc1C. The van der Waals surface area contributed by atoms with Gasteiger partial charge in [-0.3, -0.25) is 4.79 Å². The molecule has 0 unspecified atom stereocenters. The third kappa shape index (κ3) is 3.66. The van der Waals surface area contributed by atoms with Crippen LogP contribution < -0.4 is 5.32 Å². The summed E-state index contributed by atoms with van der Waals surface area (Å²) >= 11 is 9.50. The molecule has 1 heterocycles. The number of rotatable bonds is 3. The zero-order valence-corrected chi connectivity index (χ0v) is 17.5. The Kier molecular flexibility index (Phi) is 4.91. The molecule has 28 heavy (non-hydrogen) atoms. The maximum atomic E-state index is 12.6. The second-order valence-corrected chi connectivity index (χ2v) is 7.86. The van der Waals surface area contributed by atoms with Crippen molar-refractivity contribution in [1.82, 2.24) is 15.0 Å². The Morgan fingerprint density at radius 1 is 0.964 bits per heavy atom. The van der Waals surface area contributed by atoms with Crippen molar-refractivity contribution in [3.8, 4) is 5.69 Å². The fourth-order valence-electron chi connectivity index (χ4n) is 2.83. The van der Waals surface area contributed by atoms with E-state index in [9.17, 15) is 4.79 Å². The average Bonchev–Trinajstić information content (AvgIpc) is 3.09. The molecule has 4 rings (SSSR count). The minimum atomic E-state index is -0.285. The lowest BCUT2D eigenvalue weighted by molar-refractivity contribution is 0.102. The fraction of sp³-hybridized carbons (Fsp3) is 0.0952. The van der Waals surface area contributed by atoms with Gasteiger partial charge in [0.15, 0.2) is 0 Å². The number of hydrogen-bond acceptors (Lipinski definition) is 3. The van der Waals surface area contributed by atoms with Gasteiger partial charge in [0.1, 0.15) is 11.0 Å². The van der Waals surface area contributed by atoms with Gasteiger partial charge in [0.25, 0.3) is 5.91 Å². The number of carbonyl (C=O) groups excluding carboxylic acids is 1. The molecule has 0 saturated carbocycles. The van der Waals surface area contributed by atoms with Crippen molar-refractivity contribution in [3.05, 3.63) is 80.8 Å². The number of aryl methyl sites for hydroxylation is 2. The summed E-state index contributed by atoms with van der Waals surface area (Å²) in [6.45, 7) is 4.13. The molecule has 0 radical (unpaired) electrons. The summed E-state index contributed by atoms with van der Waals surface area (Å²) in [5.41, 5.74) is 5.75. The normalized spacial score (nSPS) is 11.0. The lowest BCUT2D eigenvalue weighted by atomic mass is 10.1. The van der Waals surface area contributed by atoms with Crippen molar-refractivity contribution < 1.29 is 4.79 Å². The monoisotopic (exact) mass is 454 g/mol. The number of hydrogen-bond donors (Lipinski definition) is 1. The smallest absolute Gasteiger partial charge is 0.257 e. The first-order chi connectivity index (χ1) is 13.4. The van der Waals surface area contributed by atoms with E-state index in [0.717, 1.165) is 15.7 Å². The van der Waals surface area contributed by atoms with E-state index in [1.165, 1.54) is 11.1 Å². The predicted molar refractivity (Wildman–Crippen MR) is 115 cm³/mol. The standard InChI is InChI=1S/C21H16BrClN4O/c1-12-3-6-16(9-13(12)2)27-25-19-8-5-15(11-20(19)26-27)24-21(28)17-10-14(22)4-7-18(17)23/h3-11H,1-2H3,(H,24,28). The number of nitrogens with one attached hydrogen (secondary N) is 1. The number of aromatic nitrogens is 3. The Bertz CT molecular complexity index is 1220. The molecule has 140 valence electrons. The van der Waals surface area contributed by atoms with Crippen molar-refractivity contribution in [2.24, 2.45) is 0 Å². The van der Waals surface area contributed by atoms with Crippen LogP contribution in [0.5, 0.6) is 0 Å². The highest BCUT2D eigenvalue weighted by atomic mass is 79.9. The first-order valence-electron chi connectivity index (χ1n) is 8.62. The Labute approximate surface area is 175 Å². The van der Waals surface area contributed by atoms with E-state index >= 15 is 0 Å². The molecule has 0 fully saturated rings. The van der Waals surface area contributed by atoms with Crippen LogP contribution in [0.2, 0.25) is 5.02 Å². The van der Waals surface area contributed by atoms with Crippen molar-refractivity contribution in [1.29, 1.82) is 0 Å². The van der Waals surface area contributed by atoms with E-state index in [0.29, 0.717) is 21.8 Å². The van der Waals surface area contributed by atoms with Crippen LogP contribution in [0, 0.1) is 13.8 Å². The van der Waals surface area contributed by atoms with E-state index in [2.05, 4.69) is 45.3 Å². The largest absolute Gasteiger partial charge is 0.322 e. The molecule has 1 amide bonds. The molecule has 1 aromatic heterocycles. The van der Waals surface area contributed by atoms with Gasteiger partial charge in [0.2, 0.25) is 0 Å². The molecule has 4 aromatic rings. The van der Waals surface area contributed by atoms with Gasteiger partial charge in [-0.2, -0.15) is 4.80 Å². The van der Waals surface area contributed by atoms with Crippen LogP contribution in [0.4, 0.5) is 5.69 Å². The van der Waals surface area contributed by atoms with Crippen LogP contribution in [0.1, 0.15) is 21.5 Å². The van der Waals surface area contributed by atoms with Gasteiger partial charge in [0, 0.05) is 10.2 Å². The van der Waals surface area contributed by atoms with Gasteiger partial charge in [-0.1, -0.05) is 33.6 Å². The number of fused-ring (bicyclic) bond motifs is 1. The summed E-state index contributed by atoms with van der Waals surface area (Å²) in [6.07, 6.45) is 0. The minimum Gasteiger partial charge on any atom is -0.322 e. The maximum Gasteiger partial charge on any atom is 0.257 e. The third-order valence-electron chi connectivity index (χ3n) is 4.53. The Morgan fingerprint density at radius 3 is 2.54 bits per heavy atom. The predicted octanol–water partition coefficient (Wildman–Crippen LogP) is 5.71. The molecule has 0 bridgehead atoms. The molecule has 0 aliphatic rings. The summed E-state index contributed by atoms with van der Waals surface area (Å²) in [4.78, 5) is 14.2. The summed E-state index contributed by atoms with van der Waals surface area (Å²) in [5.74, 6) is -0.285. The van der Waals surface area contributed by atoms with E-state index in [-0.39, 0.29) is 5.91 Å². The van der Waals surface area contributed by atoms with Gasteiger partial charge < -0.3 is 5.32 Å². The highest BCUT2D eigenvalue weighted by Gasteiger charge is 2.13. The lowest BCUT2D eigenvalue weighted by Gasteiger charge is -2.07.